The number of fused-ring (bicyclic) bond motifs is 4. The maximum Gasteiger partial charge on any atom is 0.131 e. The summed E-state index contributed by atoms with van der Waals surface area (Å²) in [6.45, 7) is 11.7. The number of likely N-dealkylation sites (tertiary alicyclic amines) is 1. The Morgan fingerprint density at radius 1 is 1.16 bits per heavy atom. The lowest BCUT2D eigenvalue weighted by Crippen LogP contribution is -2.63. The van der Waals surface area contributed by atoms with Crippen molar-refractivity contribution in [2.24, 2.45) is 17.8 Å². The maximum atomic E-state index is 4.38. The van der Waals surface area contributed by atoms with E-state index in [0.717, 1.165) is 41.4 Å². The maximum absolute atomic E-state index is 4.38. The predicted molar refractivity (Wildman–Crippen MR) is 104 cm³/mol. The molecule has 25 heavy (non-hydrogen) atoms. The van der Waals surface area contributed by atoms with E-state index in [9.17, 15) is 0 Å². The molecule has 0 saturated carbocycles. The van der Waals surface area contributed by atoms with E-state index in [1.807, 2.05) is 0 Å². The number of aromatic nitrogens is 2. The van der Waals surface area contributed by atoms with E-state index in [2.05, 4.69) is 40.8 Å². The van der Waals surface area contributed by atoms with Gasteiger partial charge >= 0.3 is 0 Å². The van der Waals surface area contributed by atoms with Gasteiger partial charge in [-0.3, -0.25) is 9.80 Å². The molecule has 4 heterocycles. The van der Waals surface area contributed by atoms with Crippen molar-refractivity contribution in [3.63, 3.8) is 0 Å². The highest BCUT2D eigenvalue weighted by molar-refractivity contribution is 7.11. The van der Waals surface area contributed by atoms with Crippen molar-refractivity contribution in [3.05, 3.63) is 10.0 Å². The molecule has 3 aliphatic heterocycles. The Labute approximate surface area is 157 Å². The first-order valence-electron chi connectivity index (χ1n) is 10.4. The van der Waals surface area contributed by atoms with E-state index < -0.39 is 0 Å². The second-order valence-electron chi connectivity index (χ2n) is 9.00. The van der Waals surface area contributed by atoms with Gasteiger partial charge in [0.15, 0.2) is 0 Å². The molecule has 0 N–H and O–H groups in total. The Balaban J connectivity index is 1.49. The van der Waals surface area contributed by atoms with Crippen molar-refractivity contribution < 1.29 is 0 Å². The fourth-order valence-corrected chi connectivity index (χ4v) is 6.38. The highest BCUT2D eigenvalue weighted by Gasteiger charge is 2.46. The normalized spacial score (nSPS) is 33.6. The molecule has 0 aromatic carbocycles. The van der Waals surface area contributed by atoms with Gasteiger partial charge in [0.1, 0.15) is 10.0 Å². The second-order valence-corrected chi connectivity index (χ2v) is 10.3. The van der Waals surface area contributed by atoms with Crippen LogP contribution in [0.25, 0.3) is 0 Å². The third kappa shape index (κ3) is 3.93. The first-order chi connectivity index (χ1) is 12.1. The Bertz CT molecular complexity index is 572. The highest BCUT2D eigenvalue weighted by Crippen LogP contribution is 2.43. The van der Waals surface area contributed by atoms with E-state index in [-0.39, 0.29) is 0 Å². The van der Waals surface area contributed by atoms with Gasteiger partial charge in [-0.15, -0.1) is 21.5 Å². The van der Waals surface area contributed by atoms with Gasteiger partial charge in [0.05, 0.1) is 6.54 Å². The molecule has 0 amide bonds. The van der Waals surface area contributed by atoms with Crippen LogP contribution in [-0.2, 0) is 6.54 Å². The fraction of sp³-hybridized carbons (Fsp3) is 0.900. The van der Waals surface area contributed by atoms with Crippen LogP contribution in [0.4, 0.5) is 0 Å². The Morgan fingerprint density at radius 2 is 2.00 bits per heavy atom. The van der Waals surface area contributed by atoms with Gasteiger partial charge in [-0.2, -0.15) is 0 Å². The first-order valence-corrected chi connectivity index (χ1v) is 11.2. The van der Waals surface area contributed by atoms with Gasteiger partial charge in [-0.1, -0.05) is 20.3 Å². The minimum absolute atomic E-state index is 0.822. The summed E-state index contributed by atoms with van der Waals surface area (Å²) in [5.74, 6) is 2.56. The standard InChI is InChI=1S/C20H34N4S/c1-14(2)7-8-19-17-10-16(18-6-4-5-9-24(18)19)11-23(12-17)13-20-22-21-15(3)25-20/h14,16-19H,4-13H2,1-3H3/t16-,17+,18+,19+/m1/s1. The topological polar surface area (TPSA) is 32.3 Å². The van der Waals surface area contributed by atoms with Crippen molar-refractivity contribution in [2.45, 2.75) is 77.9 Å². The lowest BCUT2D eigenvalue weighted by Gasteiger charge is -2.57. The summed E-state index contributed by atoms with van der Waals surface area (Å²) in [6, 6.07) is 1.67. The van der Waals surface area contributed by atoms with Crippen LogP contribution in [0, 0.1) is 24.7 Å². The van der Waals surface area contributed by atoms with Crippen molar-refractivity contribution in [2.75, 3.05) is 19.6 Å². The minimum atomic E-state index is 0.822. The monoisotopic (exact) mass is 362 g/mol. The zero-order chi connectivity index (χ0) is 17.4. The number of piperidine rings is 3. The molecule has 3 aliphatic rings. The number of hydrogen-bond acceptors (Lipinski definition) is 5. The van der Waals surface area contributed by atoms with E-state index in [1.165, 1.54) is 63.2 Å². The zero-order valence-corrected chi connectivity index (χ0v) is 17.0. The van der Waals surface area contributed by atoms with Gasteiger partial charge in [-0.05, 0) is 63.3 Å². The molecule has 140 valence electrons. The molecule has 0 aliphatic carbocycles. The van der Waals surface area contributed by atoms with Gasteiger partial charge in [0.25, 0.3) is 0 Å². The molecule has 0 unspecified atom stereocenters. The smallest absolute Gasteiger partial charge is 0.131 e. The van der Waals surface area contributed by atoms with Crippen LogP contribution in [0.5, 0.6) is 0 Å². The minimum Gasteiger partial charge on any atom is -0.297 e. The number of aryl methyl sites for hydroxylation is 1. The van der Waals surface area contributed by atoms with Crippen LogP contribution < -0.4 is 0 Å². The molecule has 0 radical (unpaired) electrons. The van der Waals surface area contributed by atoms with E-state index in [0.29, 0.717) is 0 Å². The Morgan fingerprint density at radius 3 is 2.76 bits per heavy atom. The van der Waals surface area contributed by atoms with E-state index >= 15 is 0 Å². The summed E-state index contributed by atoms with van der Waals surface area (Å²) in [5.41, 5.74) is 0. The van der Waals surface area contributed by atoms with E-state index in [4.69, 9.17) is 0 Å². The lowest BCUT2D eigenvalue weighted by atomic mass is 9.71. The van der Waals surface area contributed by atoms with Gasteiger partial charge in [0.2, 0.25) is 0 Å². The number of rotatable bonds is 5. The summed E-state index contributed by atoms with van der Waals surface area (Å²) >= 11 is 1.77. The summed E-state index contributed by atoms with van der Waals surface area (Å²) in [7, 11) is 0. The van der Waals surface area contributed by atoms with Crippen LogP contribution in [0.1, 0.15) is 62.4 Å². The van der Waals surface area contributed by atoms with Crippen LogP contribution in [-0.4, -0.2) is 51.7 Å². The molecule has 3 fully saturated rings. The third-order valence-electron chi connectivity index (χ3n) is 6.66. The fourth-order valence-electron chi connectivity index (χ4n) is 5.63. The average molecular weight is 363 g/mol. The van der Waals surface area contributed by atoms with Crippen molar-refractivity contribution >= 4 is 11.3 Å². The molecule has 4 atom stereocenters. The average Bonchev–Trinajstić information content (AvgIpc) is 2.99. The molecule has 1 aromatic heterocycles. The SMILES string of the molecule is Cc1nnc(CN2C[C@H]3C[C@@H](C2)[C@H](CCC(C)C)N2CCCC[C@@H]32)s1. The van der Waals surface area contributed by atoms with Gasteiger partial charge in [-0.25, -0.2) is 0 Å². The van der Waals surface area contributed by atoms with Gasteiger partial charge in [0, 0.05) is 25.2 Å². The van der Waals surface area contributed by atoms with Gasteiger partial charge < -0.3 is 0 Å². The van der Waals surface area contributed by atoms with Crippen LogP contribution in [0.15, 0.2) is 0 Å². The second kappa shape index (κ2) is 7.61. The Hall–Kier alpha value is -0.520. The summed E-state index contributed by atoms with van der Waals surface area (Å²) in [6.07, 6.45) is 8.54. The predicted octanol–water partition coefficient (Wildman–Crippen LogP) is 3.96. The number of hydrogen-bond donors (Lipinski definition) is 0. The molecule has 3 saturated heterocycles. The van der Waals surface area contributed by atoms with E-state index in [1.54, 1.807) is 11.3 Å². The molecule has 5 heteroatoms. The molecule has 4 rings (SSSR count). The van der Waals surface area contributed by atoms with Crippen molar-refractivity contribution in [1.82, 2.24) is 20.0 Å². The highest BCUT2D eigenvalue weighted by atomic mass is 32.1. The quantitative estimate of drug-likeness (QED) is 0.794. The molecule has 4 nitrogen and oxygen atoms in total. The summed E-state index contributed by atoms with van der Waals surface area (Å²) < 4.78 is 0. The molecular formula is C20H34N4S. The first kappa shape index (κ1) is 17.9. The van der Waals surface area contributed by atoms with Crippen molar-refractivity contribution in [1.29, 1.82) is 0 Å². The van der Waals surface area contributed by atoms with Crippen LogP contribution in [0.3, 0.4) is 0 Å². The van der Waals surface area contributed by atoms with Crippen molar-refractivity contribution in [3.8, 4) is 0 Å². The lowest BCUT2D eigenvalue weighted by molar-refractivity contribution is -0.0768. The van der Waals surface area contributed by atoms with Crippen LogP contribution in [0.2, 0.25) is 0 Å². The molecule has 0 spiro atoms. The summed E-state index contributed by atoms with van der Waals surface area (Å²) in [5, 5.41) is 10.9. The zero-order valence-electron chi connectivity index (χ0n) is 16.2. The Kier molecular flexibility index (Phi) is 5.44. The molecular weight excluding hydrogens is 328 g/mol. The summed E-state index contributed by atoms with van der Waals surface area (Å²) in [4.78, 5) is 5.66. The van der Waals surface area contributed by atoms with Crippen LogP contribution >= 0.6 is 11.3 Å². The number of nitrogens with zero attached hydrogens (tertiary/aromatic N) is 4. The molecule has 2 bridgehead atoms. The largest absolute Gasteiger partial charge is 0.297 e. The molecule has 1 aromatic rings. The third-order valence-corrected chi connectivity index (χ3v) is 7.49.